The van der Waals surface area contributed by atoms with E-state index in [2.05, 4.69) is 6.58 Å². The van der Waals surface area contributed by atoms with E-state index < -0.39 is 0 Å². The van der Waals surface area contributed by atoms with Crippen molar-refractivity contribution in [2.75, 3.05) is 0 Å². The molecule has 3 nitrogen and oxygen atoms in total. The smallest absolute Gasteiger partial charge is 0.306 e. The maximum Gasteiger partial charge on any atom is 0.306 e. The van der Waals surface area contributed by atoms with E-state index in [0.717, 1.165) is 5.56 Å². The Kier molecular flexibility index (Phi) is 5.12. The standard InChI is InChI=1S/C13H16O3/c1-11(14)6-5-9-13(15)16-10-12-7-3-2-4-8-12/h2-4,7-8,14H,1,5-6,9-10H2. The minimum Gasteiger partial charge on any atom is -0.513 e. The molecule has 86 valence electrons. The topological polar surface area (TPSA) is 46.5 Å². The van der Waals surface area contributed by atoms with Crippen LogP contribution in [0.15, 0.2) is 42.7 Å². The molecule has 0 unspecified atom stereocenters. The van der Waals surface area contributed by atoms with Crippen molar-refractivity contribution in [3.05, 3.63) is 48.2 Å². The van der Waals surface area contributed by atoms with Gasteiger partial charge in [-0.15, -0.1) is 0 Å². The number of rotatable bonds is 6. The van der Waals surface area contributed by atoms with Gasteiger partial charge in [0.25, 0.3) is 0 Å². The maximum absolute atomic E-state index is 11.3. The van der Waals surface area contributed by atoms with Gasteiger partial charge in [0.1, 0.15) is 6.61 Å². The number of esters is 1. The van der Waals surface area contributed by atoms with Crippen LogP contribution in [0.5, 0.6) is 0 Å². The predicted octanol–water partition coefficient (Wildman–Crippen LogP) is 2.97. The average Bonchev–Trinajstić information content (AvgIpc) is 2.27. The molecule has 16 heavy (non-hydrogen) atoms. The fourth-order valence-electron chi connectivity index (χ4n) is 1.25. The summed E-state index contributed by atoms with van der Waals surface area (Å²) >= 11 is 0. The number of aliphatic hydroxyl groups excluding tert-OH is 1. The summed E-state index contributed by atoms with van der Waals surface area (Å²) in [4.78, 5) is 11.3. The fourth-order valence-corrected chi connectivity index (χ4v) is 1.25. The van der Waals surface area contributed by atoms with Crippen molar-refractivity contribution in [2.45, 2.75) is 25.9 Å². The minimum absolute atomic E-state index is 0.107. The van der Waals surface area contributed by atoms with Crippen LogP contribution < -0.4 is 0 Å². The van der Waals surface area contributed by atoms with Gasteiger partial charge in [0.2, 0.25) is 0 Å². The maximum atomic E-state index is 11.3. The molecule has 0 saturated heterocycles. The summed E-state index contributed by atoms with van der Waals surface area (Å²) in [6.45, 7) is 3.65. The fraction of sp³-hybridized carbons (Fsp3) is 0.308. The van der Waals surface area contributed by atoms with Gasteiger partial charge in [-0.2, -0.15) is 0 Å². The zero-order valence-corrected chi connectivity index (χ0v) is 9.19. The summed E-state index contributed by atoms with van der Waals surface area (Å²) in [5.41, 5.74) is 0.974. The summed E-state index contributed by atoms with van der Waals surface area (Å²) in [5, 5.41) is 8.83. The van der Waals surface area contributed by atoms with Crippen LogP contribution in [0.1, 0.15) is 24.8 Å². The molecule has 0 bridgehead atoms. The molecule has 0 radical (unpaired) electrons. The molecule has 1 aromatic carbocycles. The predicted molar refractivity (Wildman–Crippen MR) is 61.9 cm³/mol. The molecule has 1 rings (SSSR count). The van der Waals surface area contributed by atoms with E-state index in [-0.39, 0.29) is 11.7 Å². The molecule has 0 aliphatic carbocycles. The van der Waals surface area contributed by atoms with Crippen LogP contribution in [0.25, 0.3) is 0 Å². The molecule has 0 aliphatic rings. The average molecular weight is 220 g/mol. The van der Waals surface area contributed by atoms with Crippen LogP contribution in [-0.4, -0.2) is 11.1 Å². The number of hydrogen-bond donors (Lipinski definition) is 1. The van der Waals surface area contributed by atoms with Crippen LogP contribution in [0.3, 0.4) is 0 Å². The molecule has 0 spiro atoms. The summed E-state index contributed by atoms with van der Waals surface area (Å²) < 4.78 is 5.06. The molecule has 0 atom stereocenters. The Balaban J connectivity index is 2.18. The number of hydrogen-bond acceptors (Lipinski definition) is 3. The first-order valence-electron chi connectivity index (χ1n) is 5.25. The zero-order valence-electron chi connectivity index (χ0n) is 9.19. The van der Waals surface area contributed by atoms with E-state index in [4.69, 9.17) is 9.84 Å². The van der Waals surface area contributed by atoms with Crippen molar-refractivity contribution in [3.63, 3.8) is 0 Å². The molecular weight excluding hydrogens is 204 g/mol. The Labute approximate surface area is 95.4 Å². The lowest BCUT2D eigenvalue weighted by Crippen LogP contribution is -2.04. The van der Waals surface area contributed by atoms with Crippen LogP contribution in [0.2, 0.25) is 0 Å². The van der Waals surface area contributed by atoms with Gasteiger partial charge in [0.05, 0.1) is 5.76 Å². The van der Waals surface area contributed by atoms with Gasteiger partial charge in [-0.3, -0.25) is 4.79 Å². The van der Waals surface area contributed by atoms with Gasteiger partial charge in [-0.1, -0.05) is 36.9 Å². The first-order valence-corrected chi connectivity index (χ1v) is 5.25. The highest BCUT2D eigenvalue weighted by Crippen LogP contribution is 2.05. The molecule has 1 N–H and O–H groups in total. The zero-order chi connectivity index (χ0) is 11.8. The van der Waals surface area contributed by atoms with Gasteiger partial charge >= 0.3 is 5.97 Å². The second-order valence-corrected chi connectivity index (χ2v) is 3.57. The molecule has 0 saturated carbocycles. The second kappa shape index (κ2) is 6.67. The Morgan fingerprint density at radius 3 is 2.56 bits per heavy atom. The normalized spacial score (nSPS) is 9.75. The van der Waals surface area contributed by atoms with Crippen LogP contribution in [-0.2, 0) is 16.1 Å². The lowest BCUT2D eigenvalue weighted by molar-refractivity contribution is -0.145. The molecule has 0 heterocycles. The van der Waals surface area contributed by atoms with Gasteiger partial charge in [0.15, 0.2) is 0 Å². The van der Waals surface area contributed by atoms with E-state index in [0.29, 0.717) is 25.9 Å². The number of allylic oxidation sites excluding steroid dienone is 1. The Bertz CT molecular complexity index is 343. The molecule has 3 heteroatoms. The van der Waals surface area contributed by atoms with Crippen molar-refractivity contribution in [3.8, 4) is 0 Å². The van der Waals surface area contributed by atoms with Gasteiger partial charge in [0, 0.05) is 12.8 Å². The Hall–Kier alpha value is -1.77. The van der Waals surface area contributed by atoms with E-state index in [1.54, 1.807) is 0 Å². The van der Waals surface area contributed by atoms with Crippen molar-refractivity contribution in [1.29, 1.82) is 0 Å². The van der Waals surface area contributed by atoms with Crippen molar-refractivity contribution in [1.82, 2.24) is 0 Å². The van der Waals surface area contributed by atoms with Gasteiger partial charge in [-0.05, 0) is 12.0 Å². The summed E-state index contributed by atoms with van der Waals surface area (Å²) in [7, 11) is 0. The van der Waals surface area contributed by atoms with Crippen LogP contribution in [0, 0.1) is 0 Å². The highest BCUT2D eigenvalue weighted by molar-refractivity contribution is 5.69. The highest BCUT2D eigenvalue weighted by atomic mass is 16.5. The van der Waals surface area contributed by atoms with Gasteiger partial charge < -0.3 is 9.84 Å². The highest BCUT2D eigenvalue weighted by Gasteiger charge is 2.03. The summed E-state index contributed by atoms with van der Waals surface area (Å²) in [6.07, 6.45) is 1.33. The lowest BCUT2D eigenvalue weighted by Gasteiger charge is -2.04. The molecular formula is C13H16O3. The number of carbonyl (C=O) groups is 1. The molecule has 0 amide bonds. The van der Waals surface area contributed by atoms with Crippen molar-refractivity contribution >= 4 is 5.97 Å². The third-order valence-corrected chi connectivity index (χ3v) is 2.09. The summed E-state index contributed by atoms with van der Waals surface area (Å²) in [5.74, 6) is -0.138. The van der Waals surface area contributed by atoms with Gasteiger partial charge in [-0.25, -0.2) is 0 Å². The molecule has 1 aromatic rings. The molecule has 0 aromatic heterocycles. The molecule has 0 aliphatic heterocycles. The Morgan fingerprint density at radius 2 is 1.94 bits per heavy atom. The first kappa shape index (κ1) is 12.3. The van der Waals surface area contributed by atoms with E-state index >= 15 is 0 Å². The molecule has 0 fully saturated rings. The van der Waals surface area contributed by atoms with Crippen molar-refractivity contribution in [2.24, 2.45) is 0 Å². The number of benzene rings is 1. The summed E-state index contributed by atoms with van der Waals surface area (Å²) in [6, 6.07) is 9.53. The third-order valence-electron chi connectivity index (χ3n) is 2.09. The van der Waals surface area contributed by atoms with E-state index in [9.17, 15) is 4.79 Å². The quantitative estimate of drug-likeness (QED) is 0.592. The van der Waals surface area contributed by atoms with Crippen LogP contribution >= 0.6 is 0 Å². The van der Waals surface area contributed by atoms with Crippen LogP contribution in [0.4, 0.5) is 0 Å². The van der Waals surface area contributed by atoms with E-state index in [1.165, 1.54) is 0 Å². The monoisotopic (exact) mass is 220 g/mol. The van der Waals surface area contributed by atoms with E-state index in [1.807, 2.05) is 30.3 Å². The number of carbonyl (C=O) groups excluding carboxylic acids is 1. The Morgan fingerprint density at radius 1 is 1.25 bits per heavy atom. The minimum atomic E-state index is -0.245. The largest absolute Gasteiger partial charge is 0.513 e. The first-order chi connectivity index (χ1) is 7.68. The third kappa shape index (κ3) is 5.20. The van der Waals surface area contributed by atoms with Crippen molar-refractivity contribution < 1.29 is 14.6 Å². The second-order valence-electron chi connectivity index (χ2n) is 3.57. The number of aliphatic hydroxyl groups is 1. The lowest BCUT2D eigenvalue weighted by atomic mass is 10.2. The SMILES string of the molecule is C=C(O)CCCC(=O)OCc1ccccc1. The number of ether oxygens (including phenoxy) is 1.